The molecule has 0 saturated heterocycles. The van der Waals surface area contributed by atoms with Crippen LogP contribution in [0.15, 0.2) is 41.0 Å². The number of nitrogens with zero attached hydrogens (tertiary/aromatic N) is 1. The van der Waals surface area contributed by atoms with E-state index >= 15 is 0 Å². The van der Waals surface area contributed by atoms with Crippen LogP contribution in [-0.2, 0) is 0 Å². The van der Waals surface area contributed by atoms with E-state index in [-0.39, 0.29) is 6.04 Å². The Morgan fingerprint density at radius 2 is 2.17 bits per heavy atom. The summed E-state index contributed by atoms with van der Waals surface area (Å²) in [7, 11) is 0. The summed E-state index contributed by atoms with van der Waals surface area (Å²) in [6, 6.07) is 9.89. The smallest absolute Gasteiger partial charge is 0.149 e. The summed E-state index contributed by atoms with van der Waals surface area (Å²) in [6.45, 7) is 2.05. The van der Waals surface area contributed by atoms with E-state index in [2.05, 4.69) is 45.3 Å². The Bertz CT molecular complexity index is 560. The summed E-state index contributed by atoms with van der Waals surface area (Å²) < 4.78 is 1.05. The largest absolute Gasteiger partial charge is 0.396 e. The van der Waals surface area contributed by atoms with Gasteiger partial charge in [-0.05, 0) is 30.7 Å². The van der Waals surface area contributed by atoms with Crippen molar-refractivity contribution in [2.75, 3.05) is 11.1 Å². The fourth-order valence-corrected chi connectivity index (χ4v) is 2.22. The van der Waals surface area contributed by atoms with Gasteiger partial charge in [0.25, 0.3) is 0 Å². The van der Waals surface area contributed by atoms with E-state index in [1.165, 1.54) is 0 Å². The molecule has 1 unspecified atom stereocenters. The van der Waals surface area contributed by atoms with Crippen LogP contribution in [0.5, 0.6) is 0 Å². The van der Waals surface area contributed by atoms with E-state index in [0.717, 1.165) is 10.0 Å². The molecule has 0 radical (unpaired) electrons. The van der Waals surface area contributed by atoms with Crippen molar-refractivity contribution in [1.82, 2.24) is 4.98 Å². The molecule has 0 spiro atoms. The minimum absolute atomic E-state index is 0.110. The van der Waals surface area contributed by atoms with Crippen molar-refractivity contribution in [3.05, 3.63) is 51.6 Å². The molecule has 2 rings (SSSR count). The number of nitrogens with two attached hydrogens (primary N) is 1. The molecule has 0 saturated carbocycles. The van der Waals surface area contributed by atoms with Gasteiger partial charge >= 0.3 is 0 Å². The fraction of sp³-hybridized carbons (Fsp3) is 0.154. The number of nitrogen functional groups attached to an aromatic ring is 1. The van der Waals surface area contributed by atoms with E-state index < -0.39 is 0 Å². The molecule has 0 aliphatic rings. The van der Waals surface area contributed by atoms with Crippen molar-refractivity contribution in [2.24, 2.45) is 0 Å². The number of anilines is 2. The lowest BCUT2D eigenvalue weighted by molar-refractivity contribution is 0.875. The van der Waals surface area contributed by atoms with E-state index in [1.807, 2.05) is 12.1 Å². The molecule has 0 amide bonds. The van der Waals surface area contributed by atoms with Gasteiger partial charge < -0.3 is 11.1 Å². The van der Waals surface area contributed by atoms with Crippen LogP contribution in [0.4, 0.5) is 11.5 Å². The average Bonchev–Trinajstić information content (AvgIpc) is 2.32. The van der Waals surface area contributed by atoms with Crippen molar-refractivity contribution < 1.29 is 0 Å². The molecule has 0 fully saturated rings. The minimum atomic E-state index is 0.110. The van der Waals surface area contributed by atoms with Crippen LogP contribution < -0.4 is 11.1 Å². The summed E-state index contributed by atoms with van der Waals surface area (Å²) in [5, 5.41) is 3.80. The predicted molar refractivity (Wildman–Crippen MR) is 79.8 cm³/mol. The van der Waals surface area contributed by atoms with Crippen LogP contribution in [0.1, 0.15) is 18.5 Å². The van der Waals surface area contributed by atoms with Crippen molar-refractivity contribution >= 4 is 39.0 Å². The Balaban J connectivity index is 2.18. The second-order valence-electron chi connectivity index (χ2n) is 4.01. The zero-order valence-corrected chi connectivity index (χ0v) is 12.2. The first kappa shape index (κ1) is 13.2. The molecule has 1 heterocycles. The number of benzene rings is 1. The van der Waals surface area contributed by atoms with Crippen LogP contribution in [0.3, 0.4) is 0 Å². The van der Waals surface area contributed by atoms with E-state index in [1.54, 1.807) is 12.3 Å². The molecule has 3 N–H and O–H groups in total. The Morgan fingerprint density at radius 1 is 1.39 bits per heavy atom. The van der Waals surface area contributed by atoms with Crippen LogP contribution in [0, 0.1) is 0 Å². The zero-order valence-electron chi connectivity index (χ0n) is 9.82. The number of rotatable bonds is 3. The van der Waals surface area contributed by atoms with Crippen molar-refractivity contribution in [2.45, 2.75) is 13.0 Å². The zero-order chi connectivity index (χ0) is 13.1. The third kappa shape index (κ3) is 3.15. The van der Waals surface area contributed by atoms with E-state index in [0.29, 0.717) is 16.5 Å². The number of aromatic nitrogens is 1. The highest BCUT2D eigenvalue weighted by atomic mass is 79.9. The molecule has 1 atom stereocenters. The number of hydrogen-bond donors (Lipinski definition) is 2. The first-order valence-corrected chi connectivity index (χ1v) is 6.66. The molecule has 0 aliphatic carbocycles. The average molecular weight is 327 g/mol. The molecule has 1 aromatic carbocycles. The maximum atomic E-state index is 5.86. The van der Waals surface area contributed by atoms with Gasteiger partial charge in [-0.15, -0.1) is 0 Å². The SMILES string of the molecule is CC(Nc1ncc(Cl)cc1N)c1cccc(Br)c1. The number of halogens is 2. The van der Waals surface area contributed by atoms with Crippen LogP contribution in [-0.4, -0.2) is 4.98 Å². The summed E-state index contributed by atoms with van der Waals surface area (Å²) in [6.07, 6.45) is 1.58. The predicted octanol–water partition coefficient (Wildman–Crippen LogP) is 4.25. The molecule has 18 heavy (non-hydrogen) atoms. The van der Waals surface area contributed by atoms with Crippen LogP contribution >= 0.6 is 27.5 Å². The van der Waals surface area contributed by atoms with Crippen LogP contribution in [0.25, 0.3) is 0 Å². The first-order chi connectivity index (χ1) is 8.56. The van der Waals surface area contributed by atoms with Crippen molar-refractivity contribution in [3.63, 3.8) is 0 Å². The molecule has 3 nitrogen and oxygen atoms in total. The quantitative estimate of drug-likeness (QED) is 0.886. The van der Waals surface area contributed by atoms with Gasteiger partial charge in [0.15, 0.2) is 0 Å². The second-order valence-corrected chi connectivity index (χ2v) is 5.36. The number of pyridine rings is 1. The minimum Gasteiger partial charge on any atom is -0.396 e. The summed E-state index contributed by atoms with van der Waals surface area (Å²) in [5.41, 5.74) is 7.56. The normalized spacial score (nSPS) is 12.2. The molecule has 0 bridgehead atoms. The second kappa shape index (κ2) is 5.59. The van der Waals surface area contributed by atoms with E-state index in [9.17, 15) is 0 Å². The summed E-state index contributed by atoms with van der Waals surface area (Å²) in [4.78, 5) is 4.19. The molecule has 0 aliphatic heterocycles. The molecule has 5 heteroatoms. The Labute approximate surface area is 119 Å². The van der Waals surface area contributed by atoms with Crippen molar-refractivity contribution in [3.8, 4) is 0 Å². The van der Waals surface area contributed by atoms with E-state index in [4.69, 9.17) is 17.3 Å². The van der Waals surface area contributed by atoms with Gasteiger partial charge in [0.2, 0.25) is 0 Å². The molecular weight excluding hydrogens is 314 g/mol. The monoisotopic (exact) mass is 325 g/mol. The van der Waals surface area contributed by atoms with Gasteiger partial charge in [-0.2, -0.15) is 0 Å². The lowest BCUT2D eigenvalue weighted by Crippen LogP contribution is -2.09. The highest BCUT2D eigenvalue weighted by molar-refractivity contribution is 9.10. The molecular formula is C13H13BrClN3. The standard InChI is InChI=1S/C13H13BrClN3/c1-8(9-3-2-4-10(14)5-9)18-13-12(16)6-11(15)7-17-13/h2-8H,16H2,1H3,(H,17,18). The van der Waals surface area contributed by atoms with Gasteiger partial charge in [0, 0.05) is 10.7 Å². The molecule has 2 aromatic rings. The highest BCUT2D eigenvalue weighted by Gasteiger charge is 2.08. The highest BCUT2D eigenvalue weighted by Crippen LogP contribution is 2.25. The molecule has 94 valence electrons. The van der Waals surface area contributed by atoms with Crippen molar-refractivity contribution in [1.29, 1.82) is 0 Å². The van der Waals surface area contributed by atoms with Gasteiger partial charge in [-0.25, -0.2) is 4.98 Å². The third-order valence-corrected chi connectivity index (χ3v) is 3.29. The summed E-state index contributed by atoms with van der Waals surface area (Å²) >= 11 is 9.27. The van der Waals surface area contributed by atoms with Gasteiger partial charge in [-0.1, -0.05) is 39.7 Å². The Hall–Kier alpha value is -1.26. The maximum absolute atomic E-state index is 5.86. The number of nitrogens with one attached hydrogen (secondary N) is 1. The first-order valence-electron chi connectivity index (χ1n) is 5.49. The van der Waals surface area contributed by atoms with Crippen LogP contribution in [0.2, 0.25) is 5.02 Å². The van der Waals surface area contributed by atoms with Gasteiger partial charge in [0.05, 0.1) is 16.8 Å². The lowest BCUT2D eigenvalue weighted by Gasteiger charge is -2.16. The maximum Gasteiger partial charge on any atom is 0.149 e. The van der Waals surface area contributed by atoms with Gasteiger partial charge in [-0.3, -0.25) is 0 Å². The van der Waals surface area contributed by atoms with Gasteiger partial charge in [0.1, 0.15) is 5.82 Å². The fourth-order valence-electron chi connectivity index (χ4n) is 1.64. The summed E-state index contributed by atoms with van der Waals surface area (Å²) in [5.74, 6) is 0.645. The Morgan fingerprint density at radius 3 is 2.83 bits per heavy atom. The Kier molecular flexibility index (Phi) is 4.09. The topological polar surface area (TPSA) is 50.9 Å². The third-order valence-electron chi connectivity index (χ3n) is 2.59. The molecule has 1 aromatic heterocycles. The number of hydrogen-bond acceptors (Lipinski definition) is 3. The lowest BCUT2D eigenvalue weighted by atomic mass is 10.1.